The van der Waals surface area contributed by atoms with Crippen molar-refractivity contribution in [2.24, 2.45) is 5.41 Å². The molecule has 5 nitrogen and oxygen atoms in total. The molecule has 0 bridgehead atoms. The first kappa shape index (κ1) is 19.8. The van der Waals surface area contributed by atoms with Gasteiger partial charge in [-0.1, -0.05) is 13.8 Å². The van der Waals surface area contributed by atoms with E-state index in [1.54, 1.807) is 0 Å². The van der Waals surface area contributed by atoms with Crippen molar-refractivity contribution in [1.29, 1.82) is 0 Å². The van der Waals surface area contributed by atoms with Crippen LogP contribution in [0.25, 0.3) is 0 Å². The minimum Gasteiger partial charge on any atom is -0.380 e. The van der Waals surface area contributed by atoms with Crippen LogP contribution in [-0.4, -0.2) is 89.7 Å². The van der Waals surface area contributed by atoms with Gasteiger partial charge in [-0.2, -0.15) is 0 Å². The minimum absolute atomic E-state index is 0.551. The van der Waals surface area contributed by atoms with E-state index >= 15 is 0 Å². The van der Waals surface area contributed by atoms with E-state index in [-0.39, 0.29) is 0 Å². The second-order valence-electron chi connectivity index (χ2n) is 7.14. The molecule has 3 aliphatic rings. The molecule has 0 aromatic heterocycles. The molecule has 0 aliphatic carbocycles. The van der Waals surface area contributed by atoms with Gasteiger partial charge in [0.25, 0.3) is 0 Å². The summed E-state index contributed by atoms with van der Waals surface area (Å²) in [6, 6.07) is 0. The maximum atomic E-state index is 5.12. The highest BCUT2D eigenvalue weighted by Gasteiger charge is 2.34. The molecule has 3 rings (SSSR count). The number of hydrogen-bond acceptors (Lipinski definition) is 5. The molecule has 0 saturated carbocycles. The van der Waals surface area contributed by atoms with Crippen molar-refractivity contribution in [1.82, 2.24) is 9.80 Å². The maximum absolute atomic E-state index is 5.12. The third-order valence-corrected chi connectivity index (χ3v) is 4.26. The van der Waals surface area contributed by atoms with E-state index in [9.17, 15) is 0 Å². The molecule has 5 heteroatoms. The van der Waals surface area contributed by atoms with Gasteiger partial charge >= 0.3 is 0 Å². The summed E-state index contributed by atoms with van der Waals surface area (Å²) in [5, 5.41) is 0. The van der Waals surface area contributed by atoms with Gasteiger partial charge in [-0.05, 0) is 41.0 Å². The zero-order chi connectivity index (χ0) is 16.6. The third-order valence-electron chi connectivity index (χ3n) is 4.26. The first-order valence-electron chi connectivity index (χ1n) is 8.51. The van der Waals surface area contributed by atoms with Gasteiger partial charge in [-0.25, -0.2) is 0 Å². The Morgan fingerprint density at radius 1 is 0.818 bits per heavy atom. The summed E-state index contributed by atoms with van der Waals surface area (Å²) in [6.07, 6.45) is 3.66. The monoisotopic (exact) mass is 316 g/mol. The Labute approximate surface area is 136 Å². The topological polar surface area (TPSA) is 40.8 Å². The molecule has 0 N–H and O–H groups in total. The summed E-state index contributed by atoms with van der Waals surface area (Å²) in [5.74, 6) is 0. The van der Waals surface area contributed by atoms with Crippen LogP contribution in [0.2, 0.25) is 0 Å². The van der Waals surface area contributed by atoms with E-state index in [2.05, 4.69) is 51.8 Å². The van der Waals surface area contributed by atoms with Gasteiger partial charge in [-0.15, -0.1) is 0 Å². The van der Waals surface area contributed by atoms with Gasteiger partial charge in [0.2, 0.25) is 0 Å². The minimum atomic E-state index is 0.551. The summed E-state index contributed by atoms with van der Waals surface area (Å²) < 4.78 is 15.1. The maximum Gasteiger partial charge on any atom is 0.0936 e. The van der Waals surface area contributed by atoms with Crippen LogP contribution < -0.4 is 0 Å². The lowest BCUT2D eigenvalue weighted by Gasteiger charge is -2.39. The van der Waals surface area contributed by atoms with Crippen LogP contribution in [0.1, 0.15) is 26.7 Å². The van der Waals surface area contributed by atoms with Crippen molar-refractivity contribution >= 4 is 0 Å². The number of nitrogens with zero attached hydrogens (tertiary/aromatic N) is 2. The van der Waals surface area contributed by atoms with Crippen molar-refractivity contribution in [2.45, 2.75) is 38.9 Å². The largest absolute Gasteiger partial charge is 0.380 e. The van der Waals surface area contributed by atoms with E-state index in [4.69, 9.17) is 14.2 Å². The molecule has 0 aromatic carbocycles. The standard InChI is InChI=1S/C7H14O.2C5H11NO/c1-3-7(4-2)5-8-6-7;2*1-6(2)3-5-4-7-5/h3-6H2,1-2H3;2*5H,3-4H2,1-2H3. The van der Waals surface area contributed by atoms with Crippen molar-refractivity contribution in [3.05, 3.63) is 0 Å². The third kappa shape index (κ3) is 9.06. The van der Waals surface area contributed by atoms with Crippen molar-refractivity contribution in [3.8, 4) is 0 Å². The van der Waals surface area contributed by atoms with E-state index in [0.29, 0.717) is 17.6 Å². The van der Waals surface area contributed by atoms with Crippen LogP contribution in [0.5, 0.6) is 0 Å². The van der Waals surface area contributed by atoms with Crippen LogP contribution in [0.15, 0.2) is 0 Å². The lowest BCUT2D eigenvalue weighted by atomic mass is 9.81. The zero-order valence-electron chi connectivity index (χ0n) is 15.4. The Balaban J connectivity index is 0.000000166. The average molecular weight is 316 g/mol. The fraction of sp³-hybridized carbons (Fsp3) is 1.00. The first-order chi connectivity index (χ1) is 10.4. The summed E-state index contributed by atoms with van der Waals surface area (Å²) in [4.78, 5) is 4.27. The van der Waals surface area contributed by atoms with Crippen molar-refractivity contribution in [2.75, 3.05) is 67.7 Å². The molecule has 3 aliphatic heterocycles. The second kappa shape index (κ2) is 9.83. The molecule has 0 spiro atoms. The fourth-order valence-electron chi connectivity index (χ4n) is 2.21. The summed E-state index contributed by atoms with van der Waals surface area (Å²) in [7, 11) is 8.23. The highest BCUT2D eigenvalue weighted by atomic mass is 16.6. The van der Waals surface area contributed by atoms with Crippen LogP contribution >= 0.6 is 0 Å². The van der Waals surface area contributed by atoms with Gasteiger partial charge in [0.1, 0.15) is 0 Å². The number of ether oxygens (including phenoxy) is 3. The molecule has 0 radical (unpaired) electrons. The van der Waals surface area contributed by atoms with E-state index in [1.165, 1.54) is 12.8 Å². The zero-order valence-corrected chi connectivity index (χ0v) is 15.4. The predicted octanol–water partition coefficient (Wildman–Crippen LogP) is 1.72. The van der Waals surface area contributed by atoms with Crippen LogP contribution in [0, 0.1) is 5.41 Å². The predicted molar refractivity (Wildman–Crippen MR) is 90.4 cm³/mol. The lowest BCUT2D eigenvalue weighted by molar-refractivity contribution is -0.116. The normalized spacial score (nSPS) is 27.3. The summed E-state index contributed by atoms with van der Waals surface area (Å²) >= 11 is 0. The molecular formula is C17H36N2O3. The molecule has 2 atom stereocenters. The molecule has 0 amide bonds. The highest BCUT2D eigenvalue weighted by molar-refractivity contribution is 4.82. The first-order valence-corrected chi connectivity index (χ1v) is 8.51. The molecule has 3 fully saturated rings. The molecule has 22 heavy (non-hydrogen) atoms. The van der Waals surface area contributed by atoms with Crippen molar-refractivity contribution in [3.63, 3.8) is 0 Å². The SMILES string of the molecule is CCC1(CC)COC1.CN(C)CC1CO1.CN(C)CC1CO1. The molecular weight excluding hydrogens is 280 g/mol. The summed E-state index contributed by atoms with van der Waals surface area (Å²) in [6.45, 7) is 10.6. The van der Waals surface area contributed by atoms with Gasteiger partial charge in [0, 0.05) is 18.5 Å². The van der Waals surface area contributed by atoms with Gasteiger partial charge in [0.05, 0.1) is 38.6 Å². The van der Waals surface area contributed by atoms with E-state index in [1.807, 2.05) is 0 Å². The number of likely N-dealkylation sites (N-methyl/N-ethyl adjacent to an activating group) is 2. The Hall–Kier alpha value is -0.200. The molecule has 3 heterocycles. The number of rotatable bonds is 6. The Kier molecular flexibility index (Phi) is 8.87. The molecule has 132 valence electrons. The van der Waals surface area contributed by atoms with E-state index < -0.39 is 0 Å². The highest BCUT2D eigenvalue weighted by Crippen LogP contribution is 2.34. The average Bonchev–Trinajstić information content (AvgIpc) is 3.27. The van der Waals surface area contributed by atoms with Gasteiger partial charge in [0.15, 0.2) is 0 Å². The van der Waals surface area contributed by atoms with E-state index in [0.717, 1.165) is 39.5 Å². The molecule has 0 aromatic rings. The quantitative estimate of drug-likeness (QED) is 0.698. The lowest BCUT2D eigenvalue weighted by Crippen LogP contribution is -2.41. The van der Waals surface area contributed by atoms with Crippen LogP contribution in [0.4, 0.5) is 0 Å². The Morgan fingerprint density at radius 3 is 1.23 bits per heavy atom. The van der Waals surface area contributed by atoms with Gasteiger partial charge in [-0.3, -0.25) is 0 Å². The summed E-state index contributed by atoms with van der Waals surface area (Å²) in [5.41, 5.74) is 0.583. The fourth-order valence-corrected chi connectivity index (χ4v) is 2.21. The second-order valence-corrected chi connectivity index (χ2v) is 7.14. The molecule has 3 saturated heterocycles. The van der Waals surface area contributed by atoms with Crippen molar-refractivity contribution < 1.29 is 14.2 Å². The number of epoxide rings is 2. The van der Waals surface area contributed by atoms with Gasteiger partial charge < -0.3 is 24.0 Å². The Morgan fingerprint density at radius 2 is 1.18 bits per heavy atom. The molecule has 2 unspecified atom stereocenters. The van der Waals surface area contributed by atoms with Crippen LogP contribution in [-0.2, 0) is 14.2 Å². The Bertz CT molecular complexity index is 254. The number of hydrogen-bond donors (Lipinski definition) is 0. The smallest absolute Gasteiger partial charge is 0.0936 e. The van der Waals surface area contributed by atoms with Crippen LogP contribution in [0.3, 0.4) is 0 Å².